The van der Waals surface area contributed by atoms with E-state index in [9.17, 15) is 14.4 Å². The maximum Gasteiger partial charge on any atom is 0.335 e. The highest BCUT2D eigenvalue weighted by Gasteiger charge is 2.37. The molecule has 1 N–H and O–H groups in total. The molecule has 0 bridgehead atoms. The molecule has 4 amide bonds. The van der Waals surface area contributed by atoms with Crippen LogP contribution in [0.1, 0.15) is 22.3 Å². The van der Waals surface area contributed by atoms with Crippen molar-refractivity contribution in [2.75, 3.05) is 4.90 Å². The number of anilines is 1. The largest absolute Gasteiger partial charge is 0.489 e. The maximum absolute atomic E-state index is 13.8. The van der Waals surface area contributed by atoms with Crippen molar-refractivity contribution in [3.63, 3.8) is 0 Å². The average Bonchev–Trinajstić information content (AvgIpc) is 3.02. The number of aryl methyl sites for hydroxylation is 1. The van der Waals surface area contributed by atoms with Crippen molar-refractivity contribution in [1.29, 1.82) is 0 Å². The Morgan fingerprint density at radius 3 is 2.38 bits per heavy atom. The lowest BCUT2D eigenvalue weighted by molar-refractivity contribution is -0.122. The summed E-state index contributed by atoms with van der Waals surface area (Å²) < 4.78 is 12.0. The Kier molecular flexibility index (Phi) is 8.56. The second-order valence-corrected chi connectivity index (χ2v) is 11.3. The topological polar surface area (TPSA) is 84.9 Å². The van der Waals surface area contributed by atoms with Crippen LogP contribution >= 0.6 is 23.2 Å². The molecule has 1 fully saturated rings. The number of benzene rings is 5. The predicted octanol–water partition coefficient (Wildman–Crippen LogP) is 8.28. The second-order valence-electron chi connectivity index (χ2n) is 10.5. The van der Waals surface area contributed by atoms with E-state index < -0.39 is 17.8 Å². The fraction of sp³-hybridized carbons (Fsp3) is 0.0833. The summed E-state index contributed by atoms with van der Waals surface area (Å²) in [6.07, 6.45) is 1.48. The molecule has 0 spiro atoms. The lowest BCUT2D eigenvalue weighted by atomic mass is 9.99. The van der Waals surface area contributed by atoms with Crippen LogP contribution < -0.4 is 19.7 Å². The standard InChI is InChI=1S/C36H26Cl2N2O5/c1-22-5-4-6-23(17-22)20-45-33-16-10-24-7-2-3-8-29(24)30(33)19-31-34(41)39-36(43)40(35(31)42)27-12-14-28(15-13-27)44-21-25-9-11-26(37)18-32(25)38/h2-19H,20-21H2,1H3,(H,39,41,43)/b31-19+. The first-order valence-corrected chi connectivity index (χ1v) is 14.8. The molecule has 5 aromatic rings. The van der Waals surface area contributed by atoms with Gasteiger partial charge in [0, 0.05) is 21.2 Å². The number of urea groups is 1. The lowest BCUT2D eigenvalue weighted by Crippen LogP contribution is -2.54. The molecule has 9 heteroatoms. The van der Waals surface area contributed by atoms with E-state index in [2.05, 4.69) is 5.32 Å². The zero-order valence-electron chi connectivity index (χ0n) is 24.1. The predicted molar refractivity (Wildman–Crippen MR) is 176 cm³/mol. The first-order valence-electron chi connectivity index (χ1n) is 14.1. The molecule has 224 valence electrons. The zero-order valence-corrected chi connectivity index (χ0v) is 25.6. The van der Waals surface area contributed by atoms with Crippen LogP contribution in [0.4, 0.5) is 10.5 Å². The first kappa shape index (κ1) is 29.9. The highest BCUT2D eigenvalue weighted by atomic mass is 35.5. The van der Waals surface area contributed by atoms with E-state index in [0.717, 1.165) is 32.4 Å². The maximum atomic E-state index is 13.8. The Morgan fingerprint density at radius 2 is 1.60 bits per heavy atom. The molecule has 7 nitrogen and oxygen atoms in total. The van der Waals surface area contributed by atoms with Crippen LogP contribution in [-0.2, 0) is 22.8 Å². The van der Waals surface area contributed by atoms with Gasteiger partial charge in [-0.15, -0.1) is 0 Å². The summed E-state index contributed by atoms with van der Waals surface area (Å²) >= 11 is 12.2. The Labute approximate surface area is 269 Å². The van der Waals surface area contributed by atoms with Crippen molar-refractivity contribution in [3.05, 3.63) is 141 Å². The quantitative estimate of drug-likeness (QED) is 0.137. The van der Waals surface area contributed by atoms with E-state index in [1.165, 1.54) is 6.08 Å². The summed E-state index contributed by atoms with van der Waals surface area (Å²) in [6.45, 7) is 2.49. The van der Waals surface area contributed by atoms with Gasteiger partial charge < -0.3 is 9.47 Å². The van der Waals surface area contributed by atoms with Crippen molar-refractivity contribution in [3.8, 4) is 11.5 Å². The molecule has 1 aliphatic heterocycles. The Bertz CT molecular complexity index is 1990. The number of barbiturate groups is 1. The minimum absolute atomic E-state index is 0.194. The summed E-state index contributed by atoms with van der Waals surface area (Å²) in [7, 11) is 0. The number of ether oxygens (including phenoxy) is 2. The minimum Gasteiger partial charge on any atom is -0.489 e. The summed E-state index contributed by atoms with van der Waals surface area (Å²) in [6, 6.07) is 30.0. The van der Waals surface area contributed by atoms with Crippen LogP contribution in [0.3, 0.4) is 0 Å². The number of imide groups is 2. The van der Waals surface area contributed by atoms with Gasteiger partial charge in [0.15, 0.2) is 0 Å². The number of nitrogens with one attached hydrogen (secondary N) is 1. The van der Waals surface area contributed by atoms with Crippen LogP contribution in [0.25, 0.3) is 16.8 Å². The molecule has 5 aromatic carbocycles. The van der Waals surface area contributed by atoms with Gasteiger partial charge in [0.25, 0.3) is 11.8 Å². The van der Waals surface area contributed by atoms with Crippen molar-refractivity contribution in [2.24, 2.45) is 0 Å². The van der Waals surface area contributed by atoms with Crippen molar-refractivity contribution in [2.45, 2.75) is 20.1 Å². The summed E-state index contributed by atoms with van der Waals surface area (Å²) in [5.41, 5.74) is 3.45. The molecule has 45 heavy (non-hydrogen) atoms. The van der Waals surface area contributed by atoms with Gasteiger partial charge in [-0.1, -0.05) is 89.4 Å². The van der Waals surface area contributed by atoms with Crippen LogP contribution in [0.15, 0.2) is 109 Å². The Balaban J connectivity index is 1.28. The van der Waals surface area contributed by atoms with Crippen molar-refractivity contribution < 1.29 is 23.9 Å². The monoisotopic (exact) mass is 636 g/mol. The highest BCUT2D eigenvalue weighted by molar-refractivity contribution is 6.39. The molecule has 0 unspecified atom stereocenters. The number of halogens is 2. The van der Waals surface area contributed by atoms with E-state index in [4.69, 9.17) is 32.7 Å². The third-order valence-electron chi connectivity index (χ3n) is 7.30. The summed E-state index contributed by atoms with van der Waals surface area (Å²) in [4.78, 5) is 40.6. The summed E-state index contributed by atoms with van der Waals surface area (Å²) in [5.74, 6) is -0.566. The molecule has 0 atom stereocenters. The summed E-state index contributed by atoms with van der Waals surface area (Å²) in [5, 5.41) is 4.99. The smallest absolute Gasteiger partial charge is 0.335 e. The average molecular weight is 638 g/mol. The normalized spacial score (nSPS) is 14.2. The SMILES string of the molecule is Cc1cccc(COc2ccc3ccccc3c2/C=C2\C(=O)NC(=O)N(c3ccc(OCc4ccc(Cl)cc4Cl)cc3)C2=O)c1. The number of carbonyl (C=O) groups is 3. The first-order chi connectivity index (χ1) is 21.8. The van der Waals surface area contributed by atoms with Crippen LogP contribution in [0.2, 0.25) is 10.0 Å². The second kappa shape index (κ2) is 12.9. The molecule has 0 aliphatic carbocycles. The number of hydrogen-bond acceptors (Lipinski definition) is 5. The van der Waals surface area contributed by atoms with Crippen LogP contribution in [0.5, 0.6) is 11.5 Å². The molecule has 0 radical (unpaired) electrons. The van der Waals surface area contributed by atoms with Gasteiger partial charge in [0.1, 0.15) is 30.3 Å². The van der Waals surface area contributed by atoms with E-state index in [1.807, 2.05) is 67.6 Å². The van der Waals surface area contributed by atoms with Crippen molar-refractivity contribution in [1.82, 2.24) is 5.32 Å². The van der Waals surface area contributed by atoms with Gasteiger partial charge in [0.2, 0.25) is 0 Å². The number of rotatable bonds is 8. The van der Waals surface area contributed by atoms with Gasteiger partial charge in [-0.2, -0.15) is 0 Å². The number of hydrogen-bond donors (Lipinski definition) is 1. The number of amides is 4. The van der Waals surface area contributed by atoms with Gasteiger partial charge >= 0.3 is 6.03 Å². The molecule has 1 aliphatic rings. The minimum atomic E-state index is -0.849. The van der Waals surface area contributed by atoms with Gasteiger partial charge in [0.05, 0.1) is 5.69 Å². The van der Waals surface area contributed by atoms with Gasteiger partial charge in [-0.05, 0) is 71.8 Å². The number of nitrogens with zero attached hydrogens (tertiary/aromatic N) is 1. The molecule has 1 saturated heterocycles. The third kappa shape index (κ3) is 6.55. The third-order valence-corrected chi connectivity index (χ3v) is 7.89. The lowest BCUT2D eigenvalue weighted by Gasteiger charge is -2.26. The van der Waals surface area contributed by atoms with Gasteiger partial charge in [-0.3, -0.25) is 14.9 Å². The Morgan fingerprint density at radius 1 is 0.800 bits per heavy atom. The fourth-order valence-electron chi connectivity index (χ4n) is 5.04. The van der Waals surface area contributed by atoms with Gasteiger partial charge in [-0.25, -0.2) is 9.69 Å². The van der Waals surface area contributed by atoms with E-state index >= 15 is 0 Å². The number of fused-ring (bicyclic) bond motifs is 1. The molecule has 1 heterocycles. The van der Waals surface area contributed by atoms with Crippen LogP contribution in [0, 0.1) is 6.92 Å². The highest BCUT2D eigenvalue weighted by Crippen LogP contribution is 2.33. The fourth-order valence-corrected chi connectivity index (χ4v) is 5.50. The molecular formula is C36H26Cl2N2O5. The van der Waals surface area contributed by atoms with E-state index in [1.54, 1.807) is 42.5 Å². The molecule has 0 saturated carbocycles. The molecular weight excluding hydrogens is 611 g/mol. The van der Waals surface area contributed by atoms with E-state index in [0.29, 0.717) is 33.7 Å². The zero-order chi connectivity index (χ0) is 31.5. The molecule has 0 aromatic heterocycles. The van der Waals surface area contributed by atoms with E-state index in [-0.39, 0.29) is 17.9 Å². The Hall–Kier alpha value is -5.11. The van der Waals surface area contributed by atoms with Crippen LogP contribution in [-0.4, -0.2) is 17.8 Å². The molecule has 6 rings (SSSR count). The number of carbonyl (C=O) groups excluding carboxylic acids is 3. The van der Waals surface area contributed by atoms with Crippen molar-refractivity contribution >= 4 is 63.6 Å².